The van der Waals surface area contributed by atoms with Crippen LogP contribution in [-0.2, 0) is 0 Å². The van der Waals surface area contributed by atoms with Crippen LogP contribution in [0.5, 0.6) is 0 Å². The number of benzene rings is 1. The van der Waals surface area contributed by atoms with E-state index in [1.807, 2.05) is 0 Å². The lowest BCUT2D eigenvalue weighted by Gasteiger charge is -2.29. The lowest BCUT2D eigenvalue weighted by atomic mass is 9.91. The Balaban J connectivity index is 2.01. The minimum absolute atomic E-state index is 0.0758. The van der Waals surface area contributed by atoms with E-state index in [1.54, 1.807) is 24.3 Å². The highest BCUT2D eigenvalue weighted by atomic mass is 35.5. The molecule has 2 atom stereocenters. The van der Waals surface area contributed by atoms with Crippen molar-refractivity contribution in [3.8, 4) is 0 Å². The molecule has 1 aliphatic rings. The van der Waals surface area contributed by atoms with E-state index in [0.717, 1.165) is 25.7 Å². The van der Waals surface area contributed by atoms with Gasteiger partial charge in [0.05, 0.1) is 0 Å². The number of carbonyl (C=O) groups excluding carboxylic acids is 1. The largest absolute Gasteiger partial charge is 0.348 e. The van der Waals surface area contributed by atoms with Gasteiger partial charge in [-0.3, -0.25) is 4.79 Å². The smallest absolute Gasteiger partial charge is 0.251 e. The van der Waals surface area contributed by atoms with Gasteiger partial charge in [0.15, 0.2) is 0 Å². The quantitative estimate of drug-likeness (QED) is 0.849. The predicted octanol–water partition coefficient (Wildman–Crippen LogP) is 2.34. The maximum Gasteiger partial charge on any atom is 0.251 e. The van der Waals surface area contributed by atoms with Crippen LogP contribution in [0.3, 0.4) is 0 Å². The molecule has 0 aromatic heterocycles. The lowest BCUT2D eigenvalue weighted by Crippen LogP contribution is -2.49. The summed E-state index contributed by atoms with van der Waals surface area (Å²) >= 11 is 5.86. The maximum atomic E-state index is 12.0. The van der Waals surface area contributed by atoms with Gasteiger partial charge >= 0.3 is 0 Å². The number of carbonyl (C=O) groups is 1. The van der Waals surface area contributed by atoms with Gasteiger partial charge in [0.1, 0.15) is 0 Å². The van der Waals surface area contributed by atoms with Crippen LogP contribution in [-0.4, -0.2) is 18.0 Å². The molecule has 0 spiro atoms. The second kappa shape index (κ2) is 5.52. The highest BCUT2D eigenvalue weighted by Crippen LogP contribution is 2.18. The SMILES string of the molecule is N[C@@H]1CCCC[C@H]1NC(=O)c1cccc(Cl)c1. The van der Waals surface area contributed by atoms with Crippen molar-refractivity contribution in [1.82, 2.24) is 5.32 Å². The third kappa shape index (κ3) is 3.20. The molecule has 1 aromatic carbocycles. The monoisotopic (exact) mass is 252 g/mol. The van der Waals surface area contributed by atoms with Crippen LogP contribution >= 0.6 is 11.6 Å². The molecule has 3 nitrogen and oxygen atoms in total. The molecular formula is C13H17ClN2O. The van der Waals surface area contributed by atoms with Gasteiger partial charge < -0.3 is 11.1 Å². The number of amides is 1. The number of nitrogens with two attached hydrogens (primary N) is 1. The molecule has 1 amide bonds. The number of halogens is 1. The molecule has 0 unspecified atom stereocenters. The summed E-state index contributed by atoms with van der Waals surface area (Å²) in [5.74, 6) is -0.0881. The van der Waals surface area contributed by atoms with Crippen molar-refractivity contribution in [3.05, 3.63) is 34.9 Å². The fourth-order valence-corrected chi connectivity index (χ4v) is 2.41. The van der Waals surface area contributed by atoms with Crippen LogP contribution in [0.2, 0.25) is 5.02 Å². The number of nitrogens with one attached hydrogen (secondary N) is 1. The molecule has 92 valence electrons. The van der Waals surface area contributed by atoms with Gasteiger partial charge in [-0.1, -0.05) is 30.5 Å². The topological polar surface area (TPSA) is 55.1 Å². The Labute approximate surface area is 106 Å². The van der Waals surface area contributed by atoms with Crippen molar-refractivity contribution >= 4 is 17.5 Å². The molecule has 0 bridgehead atoms. The first-order chi connectivity index (χ1) is 8.16. The minimum atomic E-state index is -0.0881. The number of hydrogen-bond acceptors (Lipinski definition) is 2. The van der Waals surface area contributed by atoms with Crippen molar-refractivity contribution in [2.24, 2.45) is 5.73 Å². The summed E-state index contributed by atoms with van der Waals surface area (Å²) in [4.78, 5) is 12.0. The molecule has 1 saturated carbocycles. The number of hydrogen-bond donors (Lipinski definition) is 2. The van der Waals surface area contributed by atoms with E-state index in [0.29, 0.717) is 10.6 Å². The molecule has 0 aliphatic heterocycles. The molecule has 2 rings (SSSR count). The Morgan fingerprint density at radius 1 is 1.35 bits per heavy atom. The zero-order valence-electron chi connectivity index (χ0n) is 9.66. The fourth-order valence-electron chi connectivity index (χ4n) is 2.22. The Hall–Kier alpha value is -1.06. The van der Waals surface area contributed by atoms with E-state index < -0.39 is 0 Å². The highest BCUT2D eigenvalue weighted by molar-refractivity contribution is 6.30. The van der Waals surface area contributed by atoms with Crippen LogP contribution in [0, 0.1) is 0 Å². The normalized spacial score (nSPS) is 24.4. The van der Waals surface area contributed by atoms with E-state index in [4.69, 9.17) is 17.3 Å². The summed E-state index contributed by atoms with van der Waals surface area (Å²) in [7, 11) is 0. The van der Waals surface area contributed by atoms with Crippen LogP contribution in [0.15, 0.2) is 24.3 Å². The standard InChI is InChI=1S/C13H17ClN2O/c14-10-5-3-4-9(8-10)13(17)16-12-7-2-1-6-11(12)15/h3-5,8,11-12H,1-2,6-7,15H2,(H,16,17)/t11-,12-/m1/s1. The Morgan fingerprint density at radius 3 is 2.82 bits per heavy atom. The van der Waals surface area contributed by atoms with E-state index in [-0.39, 0.29) is 18.0 Å². The van der Waals surface area contributed by atoms with Gasteiger partial charge in [-0.15, -0.1) is 0 Å². The summed E-state index contributed by atoms with van der Waals surface area (Å²) in [6.45, 7) is 0. The molecule has 1 fully saturated rings. The molecule has 1 aromatic rings. The third-order valence-electron chi connectivity index (χ3n) is 3.22. The summed E-state index contributed by atoms with van der Waals surface area (Å²) in [5.41, 5.74) is 6.59. The van der Waals surface area contributed by atoms with Crippen LogP contribution in [0.25, 0.3) is 0 Å². The lowest BCUT2D eigenvalue weighted by molar-refractivity contribution is 0.0921. The van der Waals surface area contributed by atoms with Crippen molar-refractivity contribution in [1.29, 1.82) is 0 Å². The van der Waals surface area contributed by atoms with Crippen molar-refractivity contribution < 1.29 is 4.79 Å². The molecule has 4 heteroatoms. The zero-order chi connectivity index (χ0) is 12.3. The first-order valence-corrected chi connectivity index (χ1v) is 6.36. The van der Waals surface area contributed by atoms with Crippen LogP contribution < -0.4 is 11.1 Å². The van der Waals surface area contributed by atoms with E-state index in [1.165, 1.54) is 0 Å². The number of rotatable bonds is 2. The van der Waals surface area contributed by atoms with Gasteiger partial charge in [-0.25, -0.2) is 0 Å². The maximum absolute atomic E-state index is 12.0. The summed E-state index contributed by atoms with van der Waals surface area (Å²) < 4.78 is 0. The second-order valence-corrected chi connectivity index (χ2v) is 4.98. The van der Waals surface area contributed by atoms with E-state index >= 15 is 0 Å². The fraction of sp³-hybridized carbons (Fsp3) is 0.462. The summed E-state index contributed by atoms with van der Waals surface area (Å²) in [6, 6.07) is 7.13. The van der Waals surface area contributed by atoms with Gasteiger partial charge in [-0.05, 0) is 31.0 Å². The Morgan fingerprint density at radius 2 is 2.12 bits per heavy atom. The molecular weight excluding hydrogens is 236 g/mol. The van der Waals surface area contributed by atoms with Crippen molar-refractivity contribution in [3.63, 3.8) is 0 Å². The molecule has 0 saturated heterocycles. The third-order valence-corrected chi connectivity index (χ3v) is 3.46. The molecule has 0 radical (unpaired) electrons. The van der Waals surface area contributed by atoms with Gasteiger partial charge in [0, 0.05) is 22.7 Å². The Kier molecular flexibility index (Phi) is 4.02. The average Bonchev–Trinajstić information content (AvgIpc) is 2.32. The van der Waals surface area contributed by atoms with E-state index in [9.17, 15) is 4.79 Å². The second-order valence-electron chi connectivity index (χ2n) is 4.54. The molecule has 3 N–H and O–H groups in total. The first-order valence-electron chi connectivity index (χ1n) is 5.99. The minimum Gasteiger partial charge on any atom is -0.348 e. The predicted molar refractivity (Wildman–Crippen MR) is 69.1 cm³/mol. The summed E-state index contributed by atoms with van der Waals surface area (Å²) in [6.07, 6.45) is 4.24. The molecule has 1 aliphatic carbocycles. The molecule has 0 heterocycles. The first kappa shape index (κ1) is 12.4. The Bertz CT molecular complexity index is 408. The van der Waals surface area contributed by atoms with Crippen LogP contribution in [0.4, 0.5) is 0 Å². The average molecular weight is 253 g/mol. The van der Waals surface area contributed by atoms with Crippen LogP contribution in [0.1, 0.15) is 36.0 Å². The zero-order valence-corrected chi connectivity index (χ0v) is 10.4. The molecule has 17 heavy (non-hydrogen) atoms. The van der Waals surface area contributed by atoms with Gasteiger partial charge in [0.2, 0.25) is 0 Å². The van der Waals surface area contributed by atoms with Crippen molar-refractivity contribution in [2.75, 3.05) is 0 Å². The summed E-state index contributed by atoms with van der Waals surface area (Å²) in [5, 5.41) is 3.56. The van der Waals surface area contributed by atoms with Gasteiger partial charge in [-0.2, -0.15) is 0 Å². The van der Waals surface area contributed by atoms with E-state index in [2.05, 4.69) is 5.32 Å². The van der Waals surface area contributed by atoms with Gasteiger partial charge in [0.25, 0.3) is 5.91 Å². The van der Waals surface area contributed by atoms with Crippen molar-refractivity contribution in [2.45, 2.75) is 37.8 Å². The highest BCUT2D eigenvalue weighted by Gasteiger charge is 2.23.